The number of nitrogens with one attached hydrogen (secondary N) is 1. The van der Waals surface area contributed by atoms with Crippen molar-refractivity contribution in [1.82, 2.24) is 5.32 Å². The van der Waals surface area contributed by atoms with Gasteiger partial charge in [0.25, 0.3) is 0 Å². The molecule has 15 heavy (non-hydrogen) atoms. The van der Waals surface area contributed by atoms with Gasteiger partial charge in [-0.15, -0.1) is 0 Å². The molecule has 3 N–H and O–H groups in total. The third-order valence-electron chi connectivity index (χ3n) is 1.91. The molecule has 82 valence electrons. The van der Waals surface area contributed by atoms with E-state index in [4.69, 9.17) is 17.3 Å². The molecule has 0 radical (unpaired) electrons. The molecule has 1 aromatic rings. The summed E-state index contributed by atoms with van der Waals surface area (Å²) in [6, 6.07) is 4.49. The fourth-order valence-corrected chi connectivity index (χ4v) is 1.32. The van der Waals surface area contributed by atoms with Gasteiger partial charge >= 0.3 is 0 Å². The molecule has 0 aliphatic heterocycles. The van der Waals surface area contributed by atoms with Crippen LogP contribution in [0.25, 0.3) is 0 Å². The van der Waals surface area contributed by atoms with Crippen LogP contribution in [-0.4, -0.2) is 19.0 Å². The SMILES string of the molecule is NCC(=O)NCCc1ccc(F)c(Cl)c1. The number of hydrogen-bond acceptors (Lipinski definition) is 2. The lowest BCUT2D eigenvalue weighted by Gasteiger charge is -2.04. The van der Waals surface area contributed by atoms with Gasteiger partial charge in [-0.2, -0.15) is 0 Å². The Morgan fingerprint density at radius 1 is 1.53 bits per heavy atom. The van der Waals surface area contributed by atoms with E-state index in [9.17, 15) is 9.18 Å². The first-order valence-electron chi connectivity index (χ1n) is 4.54. The van der Waals surface area contributed by atoms with Gasteiger partial charge in [-0.3, -0.25) is 4.79 Å². The molecule has 0 aliphatic carbocycles. The fourth-order valence-electron chi connectivity index (χ4n) is 1.11. The molecule has 0 unspecified atom stereocenters. The molecule has 0 spiro atoms. The Bertz CT molecular complexity index is 357. The van der Waals surface area contributed by atoms with Crippen molar-refractivity contribution in [1.29, 1.82) is 0 Å². The maximum atomic E-state index is 12.8. The average Bonchev–Trinajstić information content (AvgIpc) is 2.23. The Balaban J connectivity index is 2.44. The van der Waals surface area contributed by atoms with E-state index in [0.29, 0.717) is 13.0 Å². The normalized spacial score (nSPS) is 10.1. The van der Waals surface area contributed by atoms with Crippen molar-refractivity contribution in [3.63, 3.8) is 0 Å². The summed E-state index contributed by atoms with van der Waals surface area (Å²) >= 11 is 5.60. The van der Waals surface area contributed by atoms with Crippen molar-refractivity contribution in [2.75, 3.05) is 13.1 Å². The number of carbonyl (C=O) groups excluding carboxylic acids is 1. The molecule has 0 aliphatic rings. The van der Waals surface area contributed by atoms with Crippen molar-refractivity contribution < 1.29 is 9.18 Å². The van der Waals surface area contributed by atoms with Gasteiger partial charge in [-0.05, 0) is 24.1 Å². The molecule has 1 amide bonds. The quantitative estimate of drug-likeness (QED) is 0.814. The van der Waals surface area contributed by atoms with Crippen LogP contribution >= 0.6 is 11.6 Å². The molecule has 0 bridgehead atoms. The molecule has 0 atom stereocenters. The maximum Gasteiger partial charge on any atom is 0.233 e. The minimum absolute atomic E-state index is 0.0236. The van der Waals surface area contributed by atoms with Crippen LogP contribution in [0.1, 0.15) is 5.56 Å². The van der Waals surface area contributed by atoms with Crippen LogP contribution in [-0.2, 0) is 11.2 Å². The molecule has 0 fully saturated rings. The number of nitrogens with two attached hydrogens (primary N) is 1. The van der Waals surface area contributed by atoms with Gasteiger partial charge in [0.15, 0.2) is 0 Å². The Morgan fingerprint density at radius 2 is 2.27 bits per heavy atom. The lowest BCUT2D eigenvalue weighted by atomic mass is 10.1. The van der Waals surface area contributed by atoms with Crippen LogP contribution in [0.3, 0.4) is 0 Å². The highest BCUT2D eigenvalue weighted by atomic mass is 35.5. The average molecular weight is 231 g/mol. The molecule has 3 nitrogen and oxygen atoms in total. The second-order valence-electron chi connectivity index (χ2n) is 3.05. The van der Waals surface area contributed by atoms with Crippen LogP contribution in [0, 0.1) is 5.82 Å². The Kier molecular flexibility index (Phi) is 4.52. The fraction of sp³-hybridized carbons (Fsp3) is 0.300. The summed E-state index contributed by atoms with van der Waals surface area (Å²) in [4.78, 5) is 10.8. The number of hydrogen-bond donors (Lipinski definition) is 2. The first-order chi connectivity index (χ1) is 7.13. The molecular weight excluding hydrogens is 219 g/mol. The Labute approximate surface area is 92.4 Å². The van der Waals surface area contributed by atoms with E-state index >= 15 is 0 Å². The van der Waals surface area contributed by atoms with Gasteiger partial charge in [0, 0.05) is 6.54 Å². The third kappa shape index (κ3) is 3.85. The molecule has 0 saturated heterocycles. The first kappa shape index (κ1) is 11.9. The van der Waals surface area contributed by atoms with E-state index in [1.807, 2.05) is 0 Å². The standard InChI is InChI=1S/C10H12ClFN2O/c11-8-5-7(1-2-9(8)12)3-4-14-10(15)6-13/h1-2,5H,3-4,6,13H2,(H,14,15). The smallest absolute Gasteiger partial charge is 0.233 e. The summed E-state index contributed by atoms with van der Waals surface area (Å²) in [6.45, 7) is 0.447. The van der Waals surface area contributed by atoms with Crippen LogP contribution in [0.2, 0.25) is 5.02 Å². The van der Waals surface area contributed by atoms with E-state index in [2.05, 4.69) is 5.32 Å². The topological polar surface area (TPSA) is 55.1 Å². The highest BCUT2D eigenvalue weighted by Gasteiger charge is 2.01. The molecular formula is C10H12ClFN2O. The predicted octanol–water partition coefficient (Wildman–Crippen LogP) is 1.10. The van der Waals surface area contributed by atoms with Gasteiger partial charge in [-0.25, -0.2) is 4.39 Å². The summed E-state index contributed by atoms with van der Waals surface area (Å²) in [5.74, 6) is -0.644. The monoisotopic (exact) mass is 230 g/mol. The van der Waals surface area contributed by atoms with Crippen LogP contribution in [0.15, 0.2) is 18.2 Å². The van der Waals surface area contributed by atoms with E-state index in [1.165, 1.54) is 6.07 Å². The molecule has 5 heteroatoms. The van der Waals surface area contributed by atoms with Crippen molar-refractivity contribution in [3.8, 4) is 0 Å². The second-order valence-corrected chi connectivity index (χ2v) is 3.46. The lowest BCUT2D eigenvalue weighted by Crippen LogP contribution is -2.31. The van der Waals surface area contributed by atoms with E-state index in [-0.39, 0.29) is 17.5 Å². The zero-order valence-electron chi connectivity index (χ0n) is 8.09. The predicted molar refractivity (Wildman–Crippen MR) is 57.2 cm³/mol. The largest absolute Gasteiger partial charge is 0.355 e. The van der Waals surface area contributed by atoms with E-state index in [1.54, 1.807) is 12.1 Å². The first-order valence-corrected chi connectivity index (χ1v) is 4.92. The summed E-state index contributed by atoms with van der Waals surface area (Å²) < 4.78 is 12.8. The number of halogens is 2. The van der Waals surface area contributed by atoms with Crippen LogP contribution in [0.5, 0.6) is 0 Å². The Morgan fingerprint density at radius 3 is 2.87 bits per heavy atom. The van der Waals surface area contributed by atoms with Gasteiger partial charge in [-0.1, -0.05) is 17.7 Å². The maximum absolute atomic E-state index is 12.8. The molecule has 1 aromatic carbocycles. The lowest BCUT2D eigenvalue weighted by molar-refractivity contribution is -0.119. The second kappa shape index (κ2) is 5.68. The van der Waals surface area contributed by atoms with Crippen molar-refractivity contribution >= 4 is 17.5 Å². The molecule has 0 heterocycles. The highest BCUT2D eigenvalue weighted by Crippen LogP contribution is 2.15. The number of benzene rings is 1. The van der Waals surface area contributed by atoms with E-state index < -0.39 is 5.82 Å². The minimum atomic E-state index is -0.439. The van der Waals surface area contributed by atoms with Crippen molar-refractivity contribution in [2.45, 2.75) is 6.42 Å². The zero-order chi connectivity index (χ0) is 11.3. The number of amides is 1. The molecule has 1 rings (SSSR count). The third-order valence-corrected chi connectivity index (χ3v) is 2.19. The Hall–Kier alpha value is -1.13. The van der Waals surface area contributed by atoms with Gasteiger partial charge in [0.2, 0.25) is 5.91 Å². The summed E-state index contributed by atoms with van der Waals surface area (Å²) in [5.41, 5.74) is 5.99. The van der Waals surface area contributed by atoms with Crippen LogP contribution in [0.4, 0.5) is 4.39 Å². The summed E-state index contributed by atoms with van der Waals surface area (Å²) in [6.07, 6.45) is 0.603. The van der Waals surface area contributed by atoms with Crippen molar-refractivity contribution in [2.24, 2.45) is 5.73 Å². The minimum Gasteiger partial charge on any atom is -0.355 e. The number of carbonyl (C=O) groups is 1. The zero-order valence-corrected chi connectivity index (χ0v) is 8.85. The van der Waals surface area contributed by atoms with Crippen molar-refractivity contribution in [3.05, 3.63) is 34.6 Å². The summed E-state index contributed by atoms with van der Waals surface area (Å²) in [5, 5.41) is 2.71. The van der Waals surface area contributed by atoms with Gasteiger partial charge in [0.1, 0.15) is 5.82 Å². The molecule has 0 saturated carbocycles. The van der Waals surface area contributed by atoms with Crippen LogP contribution < -0.4 is 11.1 Å². The summed E-state index contributed by atoms with van der Waals surface area (Å²) in [7, 11) is 0. The van der Waals surface area contributed by atoms with E-state index in [0.717, 1.165) is 5.56 Å². The highest BCUT2D eigenvalue weighted by molar-refractivity contribution is 6.30. The number of rotatable bonds is 4. The van der Waals surface area contributed by atoms with Gasteiger partial charge < -0.3 is 11.1 Å². The molecule has 0 aromatic heterocycles. The van der Waals surface area contributed by atoms with Gasteiger partial charge in [0.05, 0.1) is 11.6 Å².